The Kier molecular flexibility index (Phi) is 5.84. The Morgan fingerprint density at radius 2 is 1.83 bits per heavy atom. The topological polar surface area (TPSA) is 45.5 Å². The summed E-state index contributed by atoms with van der Waals surface area (Å²) in [5, 5.41) is 3.80. The number of piperidine rings is 1. The van der Waals surface area contributed by atoms with E-state index in [4.69, 9.17) is 27.6 Å². The van der Waals surface area contributed by atoms with Gasteiger partial charge >= 0.3 is 0 Å². The van der Waals surface area contributed by atoms with E-state index in [1.165, 1.54) is 24.9 Å². The number of furan rings is 1. The van der Waals surface area contributed by atoms with Gasteiger partial charge in [-0.1, -0.05) is 23.2 Å². The molecule has 1 aromatic heterocycles. The molecule has 150 valence electrons. The SMILES string of the molecule is CC1CCCCN1c1ccc(NC(=O)c2ccc(-c3ccc(Cl)c(Cl)c3)o2)cc1. The quantitative estimate of drug-likeness (QED) is 0.492. The number of hydrogen-bond donors (Lipinski definition) is 1. The molecule has 1 atom stereocenters. The number of carbonyl (C=O) groups is 1. The van der Waals surface area contributed by atoms with Gasteiger partial charge in [-0.05, 0) is 80.8 Å². The van der Waals surface area contributed by atoms with Crippen molar-refractivity contribution in [2.75, 3.05) is 16.8 Å². The largest absolute Gasteiger partial charge is 0.451 e. The second-order valence-electron chi connectivity index (χ2n) is 7.33. The minimum atomic E-state index is -0.296. The second kappa shape index (κ2) is 8.52. The van der Waals surface area contributed by atoms with Crippen molar-refractivity contribution in [3.8, 4) is 11.3 Å². The molecule has 1 aliphatic heterocycles. The van der Waals surface area contributed by atoms with Gasteiger partial charge in [0, 0.05) is 29.5 Å². The molecule has 1 amide bonds. The first-order chi connectivity index (χ1) is 14.0. The molecule has 3 aromatic rings. The number of halogens is 2. The molecule has 1 saturated heterocycles. The molecular formula is C23H22Cl2N2O2. The van der Waals surface area contributed by atoms with Crippen LogP contribution in [0.5, 0.6) is 0 Å². The molecule has 0 saturated carbocycles. The van der Waals surface area contributed by atoms with Crippen molar-refractivity contribution in [2.24, 2.45) is 0 Å². The molecule has 2 heterocycles. The molecule has 1 fully saturated rings. The molecule has 1 aliphatic rings. The highest BCUT2D eigenvalue weighted by molar-refractivity contribution is 6.42. The molecule has 1 unspecified atom stereocenters. The van der Waals surface area contributed by atoms with E-state index in [1.807, 2.05) is 12.1 Å². The van der Waals surface area contributed by atoms with Crippen LogP contribution >= 0.6 is 23.2 Å². The fraction of sp³-hybridized carbons (Fsp3) is 0.261. The van der Waals surface area contributed by atoms with Gasteiger partial charge in [0.15, 0.2) is 5.76 Å². The van der Waals surface area contributed by atoms with E-state index in [-0.39, 0.29) is 11.7 Å². The fourth-order valence-electron chi connectivity index (χ4n) is 3.68. The van der Waals surface area contributed by atoms with Crippen LogP contribution in [0.3, 0.4) is 0 Å². The predicted molar refractivity (Wildman–Crippen MR) is 119 cm³/mol. The standard InChI is InChI=1S/C23H22Cl2N2O2/c1-15-4-2-3-13-27(15)18-8-6-17(7-9-18)26-23(28)22-12-11-21(29-22)16-5-10-19(24)20(25)14-16/h5-12,14-15H,2-4,13H2,1H3,(H,26,28). The van der Waals surface area contributed by atoms with Crippen LogP contribution in [0.15, 0.2) is 59.0 Å². The van der Waals surface area contributed by atoms with Crippen molar-refractivity contribution in [3.63, 3.8) is 0 Å². The summed E-state index contributed by atoms with van der Waals surface area (Å²) in [6.45, 7) is 3.34. The highest BCUT2D eigenvalue weighted by atomic mass is 35.5. The third kappa shape index (κ3) is 4.44. The van der Waals surface area contributed by atoms with Crippen LogP contribution in [0.1, 0.15) is 36.7 Å². The van der Waals surface area contributed by atoms with Crippen LogP contribution < -0.4 is 10.2 Å². The molecule has 0 spiro atoms. The lowest BCUT2D eigenvalue weighted by atomic mass is 10.0. The third-order valence-corrected chi connectivity index (χ3v) is 6.03. The molecular weight excluding hydrogens is 407 g/mol. The monoisotopic (exact) mass is 428 g/mol. The van der Waals surface area contributed by atoms with Gasteiger partial charge in [0.1, 0.15) is 5.76 Å². The van der Waals surface area contributed by atoms with Crippen molar-refractivity contribution < 1.29 is 9.21 Å². The second-order valence-corrected chi connectivity index (χ2v) is 8.15. The average molecular weight is 429 g/mol. The summed E-state index contributed by atoms with van der Waals surface area (Å²) < 4.78 is 5.71. The van der Waals surface area contributed by atoms with Gasteiger partial charge in [-0.2, -0.15) is 0 Å². The lowest BCUT2D eigenvalue weighted by Gasteiger charge is -2.35. The van der Waals surface area contributed by atoms with Gasteiger partial charge in [-0.3, -0.25) is 4.79 Å². The smallest absolute Gasteiger partial charge is 0.291 e. The maximum Gasteiger partial charge on any atom is 0.291 e. The summed E-state index contributed by atoms with van der Waals surface area (Å²) in [6.07, 6.45) is 3.74. The molecule has 2 aromatic carbocycles. The number of nitrogens with one attached hydrogen (secondary N) is 1. The van der Waals surface area contributed by atoms with Crippen molar-refractivity contribution >= 4 is 40.5 Å². The Morgan fingerprint density at radius 1 is 1.03 bits per heavy atom. The number of nitrogens with zero attached hydrogens (tertiary/aromatic N) is 1. The van der Waals surface area contributed by atoms with Gasteiger partial charge < -0.3 is 14.6 Å². The Balaban J connectivity index is 1.44. The van der Waals surface area contributed by atoms with Crippen LogP contribution in [0.4, 0.5) is 11.4 Å². The van der Waals surface area contributed by atoms with E-state index in [0.29, 0.717) is 21.8 Å². The molecule has 4 nitrogen and oxygen atoms in total. The zero-order chi connectivity index (χ0) is 20.4. The van der Waals surface area contributed by atoms with Crippen LogP contribution in [0.2, 0.25) is 10.0 Å². The molecule has 0 radical (unpaired) electrons. The molecule has 0 bridgehead atoms. The van der Waals surface area contributed by atoms with Gasteiger partial charge in [0.05, 0.1) is 10.0 Å². The summed E-state index contributed by atoms with van der Waals surface area (Å²) in [6, 6.07) is 17.1. The molecule has 4 rings (SSSR count). The number of benzene rings is 2. The first-order valence-corrected chi connectivity index (χ1v) is 10.5. The molecule has 1 N–H and O–H groups in total. The number of carbonyl (C=O) groups excluding carboxylic acids is 1. The van der Waals surface area contributed by atoms with Crippen LogP contribution in [-0.2, 0) is 0 Å². The lowest BCUT2D eigenvalue weighted by molar-refractivity contribution is 0.0997. The van der Waals surface area contributed by atoms with E-state index in [2.05, 4.69) is 29.3 Å². The zero-order valence-electron chi connectivity index (χ0n) is 16.1. The highest BCUT2D eigenvalue weighted by Gasteiger charge is 2.19. The number of hydrogen-bond acceptors (Lipinski definition) is 3. The van der Waals surface area contributed by atoms with Crippen molar-refractivity contribution in [1.29, 1.82) is 0 Å². The first-order valence-electron chi connectivity index (χ1n) is 9.74. The maximum absolute atomic E-state index is 12.6. The fourth-order valence-corrected chi connectivity index (χ4v) is 3.97. The Labute approximate surface area is 180 Å². The normalized spacial score (nSPS) is 16.7. The maximum atomic E-state index is 12.6. The van der Waals surface area contributed by atoms with E-state index in [0.717, 1.165) is 17.8 Å². The van der Waals surface area contributed by atoms with Crippen molar-refractivity contribution in [1.82, 2.24) is 0 Å². The van der Waals surface area contributed by atoms with E-state index >= 15 is 0 Å². The van der Waals surface area contributed by atoms with Crippen molar-refractivity contribution in [3.05, 3.63) is 70.4 Å². The summed E-state index contributed by atoms with van der Waals surface area (Å²) in [5.74, 6) is 0.498. The first kappa shape index (κ1) is 19.9. The Morgan fingerprint density at radius 3 is 2.55 bits per heavy atom. The van der Waals surface area contributed by atoms with E-state index < -0.39 is 0 Å². The van der Waals surface area contributed by atoms with Crippen molar-refractivity contribution in [2.45, 2.75) is 32.2 Å². The molecule has 6 heteroatoms. The van der Waals surface area contributed by atoms with Crippen LogP contribution in [0.25, 0.3) is 11.3 Å². The Bertz CT molecular complexity index is 1010. The number of anilines is 2. The summed E-state index contributed by atoms with van der Waals surface area (Å²) in [5.41, 5.74) is 2.68. The predicted octanol–water partition coefficient (Wildman–Crippen LogP) is 6.88. The summed E-state index contributed by atoms with van der Waals surface area (Å²) >= 11 is 12.0. The number of amides is 1. The Hall–Kier alpha value is -2.43. The van der Waals surface area contributed by atoms with E-state index in [1.54, 1.807) is 30.3 Å². The highest BCUT2D eigenvalue weighted by Crippen LogP contribution is 2.30. The summed E-state index contributed by atoms with van der Waals surface area (Å²) in [4.78, 5) is 15.0. The third-order valence-electron chi connectivity index (χ3n) is 5.29. The van der Waals surface area contributed by atoms with Gasteiger partial charge in [0.25, 0.3) is 5.91 Å². The minimum Gasteiger partial charge on any atom is -0.451 e. The molecule has 29 heavy (non-hydrogen) atoms. The van der Waals surface area contributed by atoms with Crippen LogP contribution in [-0.4, -0.2) is 18.5 Å². The van der Waals surface area contributed by atoms with Gasteiger partial charge in [-0.25, -0.2) is 0 Å². The van der Waals surface area contributed by atoms with Gasteiger partial charge in [0.2, 0.25) is 0 Å². The minimum absolute atomic E-state index is 0.236. The average Bonchev–Trinajstić information content (AvgIpc) is 3.22. The van der Waals surface area contributed by atoms with Crippen LogP contribution in [0, 0.1) is 0 Å². The summed E-state index contributed by atoms with van der Waals surface area (Å²) in [7, 11) is 0. The molecule has 0 aliphatic carbocycles. The lowest BCUT2D eigenvalue weighted by Crippen LogP contribution is -2.37. The van der Waals surface area contributed by atoms with Gasteiger partial charge in [-0.15, -0.1) is 0 Å². The number of rotatable bonds is 4. The van der Waals surface area contributed by atoms with E-state index in [9.17, 15) is 4.79 Å². The zero-order valence-corrected chi connectivity index (χ0v) is 17.6.